The van der Waals surface area contributed by atoms with Crippen molar-refractivity contribution in [1.82, 2.24) is 0 Å². The molecule has 2 heteroatoms. The Morgan fingerprint density at radius 1 is 1.14 bits per heavy atom. The number of aliphatic hydroxyl groups excluding tert-OH is 1. The highest BCUT2D eigenvalue weighted by Gasteiger charge is 2.20. The van der Waals surface area contributed by atoms with Crippen LogP contribution >= 0.6 is 0 Å². The Hall–Kier alpha value is -0.0800. The second kappa shape index (κ2) is 7.24. The summed E-state index contributed by atoms with van der Waals surface area (Å²) in [4.78, 5) is 0. The Labute approximate surface area is 87.7 Å². The average molecular weight is 200 g/mol. The van der Waals surface area contributed by atoms with E-state index in [2.05, 4.69) is 6.92 Å². The van der Waals surface area contributed by atoms with Crippen molar-refractivity contribution >= 4 is 0 Å². The topological polar surface area (TPSA) is 29.5 Å². The molecule has 14 heavy (non-hydrogen) atoms. The van der Waals surface area contributed by atoms with Gasteiger partial charge in [0.05, 0.1) is 6.10 Å². The SMILES string of the molecule is CCCCCOC1CCC(CO)CC1. The van der Waals surface area contributed by atoms with Crippen LogP contribution in [0.2, 0.25) is 0 Å². The summed E-state index contributed by atoms with van der Waals surface area (Å²) < 4.78 is 5.80. The Morgan fingerprint density at radius 3 is 2.43 bits per heavy atom. The number of aliphatic hydroxyl groups is 1. The van der Waals surface area contributed by atoms with E-state index in [1.54, 1.807) is 0 Å². The number of unbranched alkanes of at least 4 members (excludes halogenated alkanes) is 2. The molecule has 2 nitrogen and oxygen atoms in total. The van der Waals surface area contributed by atoms with Crippen LogP contribution in [-0.2, 0) is 4.74 Å². The Kier molecular flexibility index (Phi) is 6.20. The molecule has 1 rings (SSSR count). The van der Waals surface area contributed by atoms with Gasteiger partial charge in [0, 0.05) is 13.2 Å². The second-order valence-corrected chi connectivity index (χ2v) is 4.40. The molecule has 1 aliphatic rings. The minimum atomic E-state index is 0.364. The summed E-state index contributed by atoms with van der Waals surface area (Å²) >= 11 is 0. The molecule has 0 heterocycles. The Bertz CT molecular complexity index is 128. The van der Waals surface area contributed by atoms with Crippen molar-refractivity contribution < 1.29 is 9.84 Å². The first-order chi connectivity index (χ1) is 6.86. The van der Waals surface area contributed by atoms with Crippen LogP contribution in [0, 0.1) is 5.92 Å². The van der Waals surface area contributed by atoms with Crippen molar-refractivity contribution in [2.24, 2.45) is 5.92 Å². The van der Waals surface area contributed by atoms with Gasteiger partial charge in [-0.25, -0.2) is 0 Å². The van der Waals surface area contributed by atoms with Crippen molar-refractivity contribution in [1.29, 1.82) is 0 Å². The first-order valence-corrected chi connectivity index (χ1v) is 6.09. The lowest BCUT2D eigenvalue weighted by atomic mass is 9.88. The maximum absolute atomic E-state index is 8.98. The first kappa shape index (κ1) is 12.0. The summed E-state index contributed by atoms with van der Waals surface area (Å²) in [5.74, 6) is 0.547. The quantitative estimate of drug-likeness (QED) is 0.668. The van der Waals surface area contributed by atoms with Gasteiger partial charge in [0.25, 0.3) is 0 Å². The fourth-order valence-corrected chi connectivity index (χ4v) is 2.08. The van der Waals surface area contributed by atoms with E-state index >= 15 is 0 Å². The normalized spacial score (nSPS) is 27.9. The molecule has 1 fully saturated rings. The van der Waals surface area contributed by atoms with Crippen molar-refractivity contribution in [2.45, 2.75) is 58.0 Å². The third-order valence-corrected chi connectivity index (χ3v) is 3.15. The molecule has 0 unspecified atom stereocenters. The summed E-state index contributed by atoms with van der Waals surface area (Å²) in [5.41, 5.74) is 0. The lowest BCUT2D eigenvalue weighted by Gasteiger charge is -2.27. The molecule has 0 aromatic rings. The number of ether oxygens (including phenoxy) is 1. The molecule has 1 saturated carbocycles. The minimum absolute atomic E-state index is 0.364. The van der Waals surface area contributed by atoms with Crippen LogP contribution in [-0.4, -0.2) is 24.4 Å². The summed E-state index contributed by atoms with van der Waals surface area (Å²) in [6.07, 6.45) is 8.83. The lowest BCUT2D eigenvalue weighted by molar-refractivity contribution is 0.00976. The van der Waals surface area contributed by atoms with Gasteiger partial charge in [0.1, 0.15) is 0 Å². The van der Waals surface area contributed by atoms with Crippen LogP contribution in [0.15, 0.2) is 0 Å². The van der Waals surface area contributed by atoms with Crippen molar-refractivity contribution in [2.75, 3.05) is 13.2 Å². The molecule has 0 spiro atoms. The molecule has 0 aliphatic heterocycles. The zero-order valence-electron chi connectivity index (χ0n) is 9.37. The first-order valence-electron chi connectivity index (χ1n) is 6.09. The molecule has 0 atom stereocenters. The molecule has 1 N–H and O–H groups in total. The van der Waals surface area contributed by atoms with E-state index in [1.165, 1.54) is 19.3 Å². The van der Waals surface area contributed by atoms with Gasteiger partial charge in [-0.2, -0.15) is 0 Å². The van der Waals surface area contributed by atoms with Gasteiger partial charge < -0.3 is 9.84 Å². The van der Waals surface area contributed by atoms with Crippen molar-refractivity contribution in [3.05, 3.63) is 0 Å². The third kappa shape index (κ3) is 4.43. The largest absolute Gasteiger partial charge is 0.396 e. The van der Waals surface area contributed by atoms with Crippen molar-refractivity contribution in [3.63, 3.8) is 0 Å². The maximum atomic E-state index is 8.98. The number of hydrogen-bond donors (Lipinski definition) is 1. The van der Waals surface area contributed by atoms with Gasteiger partial charge in [-0.1, -0.05) is 19.8 Å². The predicted octanol–water partition coefficient (Wildman–Crippen LogP) is 2.74. The molecular weight excluding hydrogens is 176 g/mol. The van der Waals surface area contributed by atoms with Gasteiger partial charge >= 0.3 is 0 Å². The summed E-state index contributed by atoms with van der Waals surface area (Å²) in [5, 5.41) is 8.98. The van der Waals surface area contributed by atoms with E-state index in [-0.39, 0.29) is 0 Å². The lowest BCUT2D eigenvalue weighted by Crippen LogP contribution is -2.23. The molecule has 0 aromatic carbocycles. The van der Waals surface area contributed by atoms with Gasteiger partial charge in [0.2, 0.25) is 0 Å². The van der Waals surface area contributed by atoms with E-state index in [4.69, 9.17) is 9.84 Å². The van der Waals surface area contributed by atoms with E-state index in [0.29, 0.717) is 18.6 Å². The minimum Gasteiger partial charge on any atom is -0.396 e. The standard InChI is InChI=1S/C12H24O2/c1-2-3-4-9-14-12-7-5-11(10-13)6-8-12/h11-13H,2-10H2,1H3. The molecule has 1 aliphatic carbocycles. The van der Waals surface area contributed by atoms with Crippen LogP contribution in [0.1, 0.15) is 51.9 Å². The summed E-state index contributed by atoms with van der Waals surface area (Å²) in [6, 6.07) is 0. The van der Waals surface area contributed by atoms with E-state index in [0.717, 1.165) is 32.3 Å². The highest BCUT2D eigenvalue weighted by Crippen LogP contribution is 2.25. The van der Waals surface area contributed by atoms with Gasteiger partial charge in [-0.15, -0.1) is 0 Å². The zero-order chi connectivity index (χ0) is 10.2. The number of rotatable bonds is 6. The Balaban J connectivity index is 1.98. The highest BCUT2D eigenvalue weighted by molar-refractivity contribution is 4.72. The Morgan fingerprint density at radius 2 is 1.86 bits per heavy atom. The van der Waals surface area contributed by atoms with Crippen LogP contribution in [0.25, 0.3) is 0 Å². The van der Waals surface area contributed by atoms with Gasteiger partial charge in [0.15, 0.2) is 0 Å². The molecule has 84 valence electrons. The third-order valence-electron chi connectivity index (χ3n) is 3.15. The molecule has 0 radical (unpaired) electrons. The molecule has 0 saturated heterocycles. The molecular formula is C12H24O2. The van der Waals surface area contributed by atoms with Crippen LogP contribution < -0.4 is 0 Å². The van der Waals surface area contributed by atoms with E-state index in [9.17, 15) is 0 Å². The molecule has 0 aromatic heterocycles. The monoisotopic (exact) mass is 200 g/mol. The average Bonchev–Trinajstić information content (AvgIpc) is 2.25. The number of hydrogen-bond acceptors (Lipinski definition) is 2. The highest BCUT2D eigenvalue weighted by atomic mass is 16.5. The fourth-order valence-electron chi connectivity index (χ4n) is 2.08. The predicted molar refractivity (Wildman–Crippen MR) is 58.3 cm³/mol. The second-order valence-electron chi connectivity index (χ2n) is 4.40. The van der Waals surface area contributed by atoms with Crippen molar-refractivity contribution in [3.8, 4) is 0 Å². The maximum Gasteiger partial charge on any atom is 0.0575 e. The van der Waals surface area contributed by atoms with E-state index < -0.39 is 0 Å². The smallest absolute Gasteiger partial charge is 0.0575 e. The van der Waals surface area contributed by atoms with Crippen LogP contribution in [0.5, 0.6) is 0 Å². The van der Waals surface area contributed by atoms with Crippen LogP contribution in [0.3, 0.4) is 0 Å². The van der Waals surface area contributed by atoms with Gasteiger partial charge in [-0.05, 0) is 38.0 Å². The zero-order valence-corrected chi connectivity index (χ0v) is 9.37. The summed E-state index contributed by atoms with van der Waals surface area (Å²) in [7, 11) is 0. The molecule has 0 bridgehead atoms. The van der Waals surface area contributed by atoms with Gasteiger partial charge in [-0.3, -0.25) is 0 Å². The van der Waals surface area contributed by atoms with E-state index in [1.807, 2.05) is 0 Å². The van der Waals surface area contributed by atoms with Crippen LogP contribution in [0.4, 0.5) is 0 Å². The fraction of sp³-hybridized carbons (Fsp3) is 1.00. The summed E-state index contributed by atoms with van der Waals surface area (Å²) in [6.45, 7) is 3.51. The molecule has 0 amide bonds.